The molecule has 34 heavy (non-hydrogen) atoms. The molecule has 1 N–H and O–H groups in total. The molecule has 0 bridgehead atoms. The summed E-state index contributed by atoms with van der Waals surface area (Å²) >= 11 is 1.26. The molecule has 1 aliphatic heterocycles. The van der Waals surface area contributed by atoms with Crippen LogP contribution in [0.25, 0.3) is 17.1 Å². The highest BCUT2D eigenvalue weighted by atomic mass is 32.2. The van der Waals surface area contributed by atoms with Crippen LogP contribution in [0.5, 0.6) is 5.75 Å². The number of imide groups is 1. The molecule has 2 heterocycles. The van der Waals surface area contributed by atoms with E-state index in [4.69, 9.17) is 4.74 Å². The number of carbonyl (C=O) groups is 2. The molecule has 1 aromatic heterocycles. The first-order chi connectivity index (χ1) is 16.3. The molecule has 9 heteroatoms. The summed E-state index contributed by atoms with van der Waals surface area (Å²) < 4.78 is 7.51. The lowest BCUT2D eigenvalue weighted by Crippen LogP contribution is -2.35. The molecular weight excluding hydrogens is 450 g/mol. The number of nitrogens with one attached hydrogen (secondary N) is 1. The fourth-order valence-electron chi connectivity index (χ4n) is 3.67. The summed E-state index contributed by atoms with van der Waals surface area (Å²) in [6.07, 6.45) is 0. The third-order valence-corrected chi connectivity index (χ3v) is 6.44. The normalized spacial score (nSPS) is 13.8. The zero-order valence-corrected chi connectivity index (χ0v) is 20.7. The SMILES string of the molecule is CCOc1ccc(-n2c(SCC(=O)N3CCNC3=O)nnc2-c2ccc(C(C)(C)C)cc2)cc1. The van der Waals surface area contributed by atoms with Gasteiger partial charge in [-0.1, -0.05) is 56.8 Å². The number of carbonyl (C=O) groups excluding carboxylic acids is 2. The van der Waals surface area contributed by atoms with Crippen molar-refractivity contribution < 1.29 is 14.3 Å². The first-order valence-corrected chi connectivity index (χ1v) is 12.3. The minimum Gasteiger partial charge on any atom is -0.494 e. The van der Waals surface area contributed by atoms with Gasteiger partial charge in [0.15, 0.2) is 11.0 Å². The highest BCUT2D eigenvalue weighted by Crippen LogP contribution is 2.31. The Hall–Kier alpha value is -3.33. The molecule has 0 spiro atoms. The standard InChI is InChI=1S/C25H29N5O3S/c1-5-33-20-12-10-19(11-13-20)30-22(17-6-8-18(9-7-17)25(2,3)4)27-28-24(30)34-16-21(31)29-15-14-26-23(29)32/h6-13H,5,14-16H2,1-4H3,(H,26,32). The van der Waals surface area contributed by atoms with E-state index in [1.165, 1.54) is 22.2 Å². The summed E-state index contributed by atoms with van der Waals surface area (Å²) in [7, 11) is 0. The Morgan fingerprint density at radius 1 is 1.09 bits per heavy atom. The molecule has 0 radical (unpaired) electrons. The number of amides is 3. The molecule has 4 rings (SSSR count). The summed E-state index contributed by atoms with van der Waals surface area (Å²) in [6.45, 7) is 9.93. The predicted molar refractivity (Wildman–Crippen MR) is 132 cm³/mol. The van der Waals surface area contributed by atoms with Gasteiger partial charge in [0.1, 0.15) is 5.75 Å². The van der Waals surface area contributed by atoms with Crippen LogP contribution in [0, 0.1) is 0 Å². The van der Waals surface area contributed by atoms with Gasteiger partial charge in [-0.2, -0.15) is 0 Å². The number of nitrogens with zero attached hydrogens (tertiary/aromatic N) is 4. The van der Waals surface area contributed by atoms with Gasteiger partial charge in [-0.15, -0.1) is 10.2 Å². The van der Waals surface area contributed by atoms with E-state index in [9.17, 15) is 9.59 Å². The van der Waals surface area contributed by atoms with Crippen LogP contribution in [0.1, 0.15) is 33.3 Å². The maximum Gasteiger partial charge on any atom is 0.324 e. The van der Waals surface area contributed by atoms with E-state index >= 15 is 0 Å². The number of benzene rings is 2. The van der Waals surface area contributed by atoms with Crippen LogP contribution in [0.2, 0.25) is 0 Å². The molecule has 3 amide bonds. The van der Waals surface area contributed by atoms with Gasteiger partial charge in [-0.3, -0.25) is 14.3 Å². The van der Waals surface area contributed by atoms with Gasteiger partial charge in [-0.05, 0) is 42.2 Å². The summed E-state index contributed by atoms with van der Waals surface area (Å²) in [5.74, 6) is 1.29. The topological polar surface area (TPSA) is 89.4 Å². The highest BCUT2D eigenvalue weighted by molar-refractivity contribution is 7.99. The van der Waals surface area contributed by atoms with E-state index in [1.807, 2.05) is 47.9 Å². The second kappa shape index (κ2) is 9.89. The van der Waals surface area contributed by atoms with E-state index in [0.717, 1.165) is 17.0 Å². The number of thioether (sulfide) groups is 1. The maximum atomic E-state index is 12.6. The highest BCUT2D eigenvalue weighted by Gasteiger charge is 2.27. The monoisotopic (exact) mass is 479 g/mol. The van der Waals surface area contributed by atoms with Gasteiger partial charge in [0.2, 0.25) is 5.91 Å². The average Bonchev–Trinajstić information content (AvgIpc) is 3.44. The second-order valence-electron chi connectivity index (χ2n) is 8.96. The van der Waals surface area contributed by atoms with Crippen molar-refractivity contribution in [3.63, 3.8) is 0 Å². The smallest absolute Gasteiger partial charge is 0.324 e. The van der Waals surface area contributed by atoms with Crippen molar-refractivity contribution in [2.24, 2.45) is 0 Å². The minimum atomic E-state index is -0.349. The van der Waals surface area contributed by atoms with Gasteiger partial charge in [-0.25, -0.2) is 4.79 Å². The van der Waals surface area contributed by atoms with Crippen molar-refractivity contribution in [3.8, 4) is 22.8 Å². The Labute approximate surface area is 203 Å². The molecular formula is C25H29N5O3S. The number of hydrogen-bond acceptors (Lipinski definition) is 6. The summed E-state index contributed by atoms with van der Waals surface area (Å²) in [4.78, 5) is 25.6. The third-order valence-electron chi connectivity index (χ3n) is 5.53. The van der Waals surface area contributed by atoms with Crippen molar-refractivity contribution in [2.45, 2.75) is 38.3 Å². The molecule has 8 nitrogen and oxygen atoms in total. The van der Waals surface area contributed by atoms with Crippen LogP contribution in [0.4, 0.5) is 4.79 Å². The van der Waals surface area contributed by atoms with Crippen molar-refractivity contribution in [2.75, 3.05) is 25.4 Å². The number of aromatic nitrogens is 3. The lowest BCUT2D eigenvalue weighted by atomic mass is 9.87. The summed E-state index contributed by atoms with van der Waals surface area (Å²) in [5, 5.41) is 12.1. The third kappa shape index (κ3) is 5.09. The van der Waals surface area contributed by atoms with Gasteiger partial charge in [0.05, 0.1) is 12.4 Å². The van der Waals surface area contributed by atoms with E-state index in [-0.39, 0.29) is 23.1 Å². The maximum absolute atomic E-state index is 12.6. The van der Waals surface area contributed by atoms with Gasteiger partial charge in [0, 0.05) is 24.3 Å². The van der Waals surface area contributed by atoms with E-state index in [2.05, 4.69) is 48.4 Å². The van der Waals surface area contributed by atoms with Gasteiger partial charge >= 0.3 is 6.03 Å². The van der Waals surface area contributed by atoms with Crippen LogP contribution in [-0.4, -0.2) is 57.1 Å². The average molecular weight is 480 g/mol. The van der Waals surface area contributed by atoms with Crippen molar-refractivity contribution in [1.29, 1.82) is 0 Å². The van der Waals surface area contributed by atoms with E-state index in [0.29, 0.717) is 30.7 Å². The summed E-state index contributed by atoms with van der Waals surface area (Å²) in [5.41, 5.74) is 3.06. The first kappa shape index (κ1) is 23.8. The van der Waals surface area contributed by atoms with Gasteiger partial charge in [0.25, 0.3) is 0 Å². The van der Waals surface area contributed by atoms with Crippen LogP contribution >= 0.6 is 11.8 Å². The molecule has 0 unspecified atom stereocenters. The van der Waals surface area contributed by atoms with Crippen molar-refractivity contribution >= 4 is 23.7 Å². The fourth-order valence-corrected chi connectivity index (χ4v) is 4.50. The fraction of sp³-hybridized carbons (Fsp3) is 0.360. The Bertz CT molecular complexity index is 1170. The lowest BCUT2D eigenvalue weighted by molar-refractivity contribution is -0.124. The molecule has 2 aromatic carbocycles. The molecule has 1 fully saturated rings. The molecule has 1 aliphatic rings. The molecule has 3 aromatic rings. The molecule has 0 atom stereocenters. The lowest BCUT2D eigenvalue weighted by Gasteiger charge is -2.19. The summed E-state index contributed by atoms with van der Waals surface area (Å²) in [6, 6.07) is 15.6. The Morgan fingerprint density at radius 2 is 1.79 bits per heavy atom. The van der Waals surface area contributed by atoms with Crippen LogP contribution in [0.15, 0.2) is 53.7 Å². The van der Waals surface area contributed by atoms with Crippen LogP contribution in [-0.2, 0) is 10.2 Å². The predicted octanol–water partition coefficient (Wildman–Crippen LogP) is 4.27. The second-order valence-corrected chi connectivity index (χ2v) is 9.90. The first-order valence-electron chi connectivity index (χ1n) is 11.3. The molecule has 178 valence electrons. The van der Waals surface area contributed by atoms with Crippen molar-refractivity contribution in [3.05, 3.63) is 54.1 Å². The molecule has 0 saturated carbocycles. The number of rotatable bonds is 7. The largest absolute Gasteiger partial charge is 0.494 e. The quantitative estimate of drug-likeness (QED) is 0.509. The Balaban J connectivity index is 1.66. The van der Waals surface area contributed by atoms with Crippen LogP contribution < -0.4 is 10.1 Å². The van der Waals surface area contributed by atoms with E-state index < -0.39 is 0 Å². The zero-order valence-electron chi connectivity index (χ0n) is 19.9. The molecule has 0 aliphatic carbocycles. The number of urea groups is 1. The number of ether oxygens (including phenoxy) is 1. The molecule has 1 saturated heterocycles. The van der Waals surface area contributed by atoms with Crippen LogP contribution in [0.3, 0.4) is 0 Å². The zero-order chi connectivity index (χ0) is 24.3. The van der Waals surface area contributed by atoms with E-state index in [1.54, 1.807) is 0 Å². The number of hydrogen-bond donors (Lipinski definition) is 1. The minimum absolute atomic E-state index is 0.0462. The Morgan fingerprint density at radius 3 is 2.38 bits per heavy atom. The van der Waals surface area contributed by atoms with Gasteiger partial charge < -0.3 is 10.1 Å². The Kier molecular flexibility index (Phi) is 6.92. The van der Waals surface area contributed by atoms with Crippen molar-refractivity contribution in [1.82, 2.24) is 25.0 Å².